The van der Waals surface area contributed by atoms with Gasteiger partial charge in [-0.2, -0.15) is 0 Å². The number of methoxy groups -OCH3 is 1. The summed E-state index contributed by atoms with van der Waals surface area (Å²) in [7, 11) is 1.49. The Bertz CT molecular complexity index is 628. The van der Waals surface area contributed by atoms with E-state index in [9.17, 15) is 15.2 Å². The lowest BCUT2D eigenvalue weighted by Gasteiger charge is -2.10. The van der Waals surface area contributed by atoms with Gasteiger partial charge in [-0.05, 0) is 12.1 Å². The Hall–Kier alpha value is -2.76. The topological polar surface area (TPSA) is 84.6 Å². The number of anilines is 1. The first kappa shape index (κ1) is 13.7. The number of rotatable bonds is 5. The molecular weight excluding hydrogens is 260 g/mol. The molecule has 6 nitrogen and oxygen atoms in total. The summed E-state index contributed by atoms with van der Waals surface area (Å²) in [6, 6.07) is 11.3. The number of aromatic hydroxyl groups is 1. The van der Waals surface area contributed by atoms with Crippen LogP contribution in [-0.2, 0) is 6.54 Å². The molecule has 0 fully saturated rings. The number of nitro groups is 1. The molecular formula is C14H14N2O4. The molecule has 104 valence electrons. The summed E-state index contributed by atoms with van der Waals surface area (Å²) in [5, 5.41) is 23.6. The number of benzene rings is 2. The molecule has 0 aliphatic rings. The van der Waals surface area contributed by atoms with Gasteiger partial charge in [0.15, 0.2) is 0 Å². The van der Waals surface area contributed by atoms with Gasteiger partial charge in [-0.15, -0.1) is 0 Å². The van der Waals surface area contributed by atoms with E-state index in [4.69, 9.17) is 4.74 Å². The third kappa shape index (κ3) is 2.97. The summed E-state index contributed by atoms with van der Waals surface area (Å²) in [5.74, 6) is 0.668. The number of nitrogens with zero attached hydrogens (tertiary/aromatic N) is 1. The summed E-state index contributed by atoms with van der Waals surface area (Å²) < 4.78 is 5.05. The summed E-state index contributed by atoms with van der Waals surface area (Å²) in [6.07, 6.45) is 0. The van der Waals surface area contributed by atoms with Crippen LogP contribution in [0.3, 0.4) is 0 Å². The van der Waals surface area contributed by atoms with Crippen LogP contribution in [0.15, 0.2) is 42.5 Å². The van der Waals surface area contributed by atoms with Gasteiger partial charge in [-0.1, -0.05) is 18.2 Å². The molecule has 0 aliphatic carbocycles. The van der Waals surface area contributed by atoms with Gasteiger partial charge >= 0.3 is 0 Å². The highest BCUT2D eigenvalue weighted by atomic mass is 16.6. The molecule has 0 bridgehead atoms. The van der Waals surface area contributed by atoms with Gasteiger partial charge < -0.3 is 15.2 Å². The van der Waals surface area contributed by atoms with Crippen LogP contribution in [0.25, 0.3) is 0 Å². The van der Waals surface area contributed by atoms with Gasteiger partial charge in [0.05, 0.1) is 12.0 Å². The second-order valence-corrected chi connectivity index (χ2v) is 4.12. The van der Waals surface area contributed by atoms with Crippen LogP contribution in [0.5, 0.6) is 11.5 Å². The van der Waals surface area contributed by atoms with Crippen molar-refractivity contribution in [2.75, 3.05) is 12.4 Å². The molecule has 0 atom stereocenters. The lowest BCUT2D eigenvalue weighted by molar-refractivity contribution is -0.384. The fraction of sp³-hybridized carbons (Fsp3) is 0.143. The smallest absolute Gasteiger partial charge is 0.292 e. The maximum absolute atomic E-state index is 11.0. The highest BCUT2D eigenvalue weighted by molar-refractivity contribution is 5.64. The van der Waals surface area contributed by atoms with Gasteiger partial charge in [0.1, 0.15) is 17.2 Å². The molecule has 2 aromatic carbocycles. The van der Waals surface area contributed by atoms with Crippen LogP contribution in [-0.4, -0.2) is 17.1 Å². The van der Waals surface area contributed by atoms with Crippen molar-refractivity contribution in [2.45, 2.75) is 6.54 Å². The van der Waals surface area contributed by atoms with Gasteiger partial charge in [0.2, 0.25) is 0 Å². The Kier molecular flexibility index (Phi) is 4.05. The molecule has 20 heavy (non-hydrogen) atoms. The number of nitrogens with one attached hydrogen (secondary N) is 1. The van der Waals surface area contributed by atoms with Gasteiger partial charge in [0.25, 0.3) is 5.69 Å². The molecule has 0 spiro atoms. The monoisotopic (exact) mass is 274 g/mol. The van der Waals surface area contributed by atoms with E-state index >= 15 is 0 Å². The number of phenolic OH excluding ortho intramolecular Hbond substituents is 1. The normalized spacial score (nSPS) is 10.1. The van der Waals surface area contributed by atoms with E-state index in [1.165, 1.54) is 19.2 Å². The average Bonchev–Trinajstić information content (AvgIpc) is 2.46. The quantitative estimate of drug-likeness (QED) is 0.646. The predicted octanol–water partition coefficient (Wildman–Crippen LogP) is 2.92. The van der Waals surface area contributed by atoms with Gasteiger partial charge in [0, 0.05) is 24.2 Å². The molecule has 0 aromatic heterocycles. The zero-order chi connectivity index (χ0) is 14.5. The van der Waals surface area contributed by atoms with Crippen molar-refractivity contribution in [3.63, 3.8) is 0 Å². The Morgan fingerprint density at radius 3 is 2.70 bits per heavy atom. The second kappa shape index (κ2) is 5.92. The highest BCUT2D eigenvalue weighted by Crippen LogP contribution is 2.29. The van der Waals surface area contributed by atoms with E-state index in [-0.39, 0.29) is 18.0 Å². The molecule has 0 saturated carbocycles. The first-order chi connectivity index (χ1) is 9.61. The Balaban J connectivity index is 2.24. The van der Waals surface area contributed by atoms with Crippen LogP contribution < -0.4 is 10.1 Å². The van der Waals surface area contributed by atoms with Crippen molar-refractivity contribution in [3.05, 3.63) is 58.1 Å². The lowest BCUT2D eigenvalue weighted by Crippen LogP contribution is -2.03. The van der Waals surface area contributed by atoms with E-state index in [0.29, 0.717) is 17.0 Å². The molecule has 6 heteroatoms. The minimum absolute atomic E-state index is 0.0405. The summed E-state index contributed by atoms with van der Waals surface area (Å²) in [5.41, 5.74) is 0.962. The van der Waals surface area contributed by atoms with Crippen LogP contribution in [0, 0.1) is 10.1 Å². The number of hydrogen-bond donors (Lipinski definition) is 2. The van der Waals surface area contributed by atoms with Crippen molar-refractivity contribution in [1.82, 2.24) is 0 Å². The summed E-state index contributed by atoms with van der Waals surface area (Å²) in [4.78, 5) is 10.5. The largest absolute Gasteiger partial charge is 0.508 e. The number of phenols is 1. The van der Waals surface area contributed by atoms with Crippen LogP contribution in [0.4, 0.5) is 11.4 Å². The minimum Gasteiger partial charge on any atom is -0.508 e. The lowest BCUT2D eigenvalue weighted by atomic mass is 10.2. The molecule has 0 aliphatic heterocycles. The fourth-order valence-corrected chi connectivity index (χ4v) is 1.79. The number of nitro benzene ring substituents is 1. The predicted molar refractivity (Wildman–Crippen MR) is 75.1 cm³/mol. The van der Waals surface area contributed by atoms with Crippen molar-refractivity contribution >= 4 is 11.4 Å². The Morgan fingerprint density at radius 2 is 2.05 bits per heavy atom. The van der Waals surface area contributed by atoms with E-state index < -0.39 is 4.92 Å². The zero-order valence-electron chi connectivity index (χ0n) is 10.9. The SMILES string of the molecule is COc1ccc([N+](=O)[O-])c(NCc2ccccc2O)c1. The third-order valence-corrected chi connectivity index (χ3v) is 2.86. The standard InChI is InChI=1S/C14H14N2O4/c1-20-11-6-7-13(16(18)19)12(8-11)15-9-10-4-2-3-5-14(10)17/h2-8,15,17H,9H2,1H3. The number of hydrogen-bond acceptors (Lipinski definition) is 5. The first-order valence-electron chi connectivity index (χ1n) is 5.95. The molecule has 2 rings (SSSR count). The number of para-hydroxylation sites is 1. The maximum Gasteiger partial charge on any atom is 0.292 e. The highest BCUT2D eigenvalue weighted by Gasteiger charge is 2.14. The van der Waals surface area contributed by atoms with E-state index in [1.807, 2.05) is 0 Å². The van der Waals surface area contributed by atoms with Crippen LogP contribution in [0.2, 0.25) is 0 Å². The minimum atomic E-state index is -0.466. The van der Waals surface area contributed by atoms with Crippen LogP contribution >= 0.6 is 0 Å². The van der Waals surface area contributed by atoms with Gasteiger partial charge in [-0.3, -0.25) is 10.1 Å². The molecule has 0 amide bonds. The third-order valence-electron chi connectivity index (χ3n) is 2.86. The van der Waals surface area contributed by atoms with E-state index in [0.717, 1.165) is 0 Å². The van der Waals surface area contributed by atoms with E-state index in [2.05, 4.69) is 5.32 Å². The van der Waals surface area contributed by atoms with Crippen molar-refractivity contribution in [2.24, 2.45) is 0 Å². The zero-order valence-corrected chi connectivity index (χ0v) is 10.9. The van der Waals surface area contributed by atoms with E-state index in [1.54, 1.807) is 30.3 Å². The number of ether oxygens (including phenoxy) is 1. The Labute approximate surface area is 115 Å². The molecule has 0 saturated heterocycles. The first-order valence-corrected chi connectivity index (χ1v) is 5.95. The van der Waals surface area contributed by atoms with Crippen molar-refractivity contribution < 1.29 is 14.8 Å². The molecule has 0 unspecified atom stereocenters. The molecule has 0 radical (unpaired) electrons. The molecule has 0 heterocycles. The summed E-state index contributed by atoms with van der Waals surface area (Å²) in [6.45, 7) is 0.278. The maximum atomic E-state index is 11.0. The average molecular weight is 274 g/mol. The molecule has 2 aromatic rings. The van der Waals surface area contributed by atoms with Crippen LogP contribution in [0.1, 0.15) is 5.56 Å². The fourth-order valence-electron chi connectivity index (χ4n) is 1.79. The van der Waals surface area contributed by atoms with Crippen molar-refractivity contribution in [3.8, 4) is 11.5 Å². The molecule has 2 N–H and O–H groups in total. The Morgan fingerprint density at radius 1 is 1.30 bits per heavy atom. The summed E-state index contributed by atoms with van der Waals surface area (Å²) >= 11 is 0. The second-order valence-electron chi connectivity index (χ2n) is 4.12. The van der Waals surface area contributed by atoms with Gasteiger partial charge in [-0.25, -0.2) is 0 Å². The van der Waals surface area contributed by atoms with Crippen molar-refractivity contribution in [1.29, 1.82) is 0 Å².